The minimum atomic E-state index is -0.395. The molecular weight excluding hydrogens is 373 g/mol. The highest BCUT2D eigenvalue weighted by atomic mass is 19.1. The molecule has 0 atom stereocenters. The van der Waals surface area contributed by atoms with Crippen molar-refractivity contribution in [2.45, 2.75) is 40.7 Å². The van der Waals surface area contributed by atoms with Crippen LogP contribution < -0.4 is 10.6 Å². The molecule has 0 saturated heterocycles. The average molecular weight is 397 g/mol. The van der Waals surface area contributed by atoms with E-state index < -0.39 is 5.91 Å². The molecule has 0 radical (unpaired) electrons. The number of fused-ring (bicyclic) bond motifs is 1. The van der Waals surface area contributed by atoms with Crippen molar-refractivity contribution in [1.82, 2.24) is 20.3 Å². The number of aromatic amines is 1. The zero-order valence-electron chi connectivity index (χ0n) is 16.9. The molecule has 0 bridgehead atoms. The van der Waals surface area contributed by atoms with E-state index in [1.54, 1.807) is 25.3 Å². The van der Waals surface area contributed by atoms with Gasteiger partial charge < -0.3 is 15.6 Å². The molecule has 0 aliphatic rings. The molecule has 7 nitrogen and oxygen atoms in total. The number of nitrogens with zero attached hydrogens (tertiary/aromatic N) is 2. The van der Waals surface area contributed by atoms with E-state index in [2.05, 4.69) is 25.6 Å². The van der Waals surface area contributed by atoms with Crippen LogP contribution in [0.15, 0.2) is 30.7 Å². The minimum absolute atomic E-state index is 0.130. The highest BCUT2D eigenvalue weighted by Gasteiger charge is 2.20. The number of carbonyl (C=O) groups excluding carboxylic acids is 2. The first-order valence-electron chi connectivity index (χ1n) is 9.29. The Bertz CT molecular complexity index is 1070. The van der Waals surface area contributed by atoms with Gasteiger partial charge in [0.2, 0.25) is 5.91 Å². The number of amides is 2. The molecule has 29 heavy (non-hydrogen) atoms. The largest absolute Gasteiger partial charge is 0.356 e. The van der Waals surface area contributed by atoms with Gasteiger partial charge in [0, 0.05) is 19.2 Å². The second kappa shape index (κ2) is 7.98. The maximum atomic E-state index is 13.4. The number of benzene rings is 1. The normalized spacial score (nSPS) is 11.5. The monoisotopic (exact) mass is 397 g/mol. The number of hydrogen-bond donors (Lipinski definition) is 3. The van der Waals surface area contributed by atoms with Crippen LogP contribution in [0.25, 0.3) is 11.0 Å². The Morgan fingerprint density at radius 3 is 2.66 bits per heavy atom. The quantitative estimate of drug-likeness (QED) is 0.611. The molecule has 1 aromatic carbocycles. The average Bonchev–Trinajstić information content (AvgIpc) is 3.03. The summed E-state index contributed by atoms with van der Waals surface area (Å²) in [5.41, 5.74) is 2.72. The smallest absolute Gasteiger partial charge is 0.272 e. The van der Waals surface area contributed by atoms with Gasteiger partial charge in [0.1, 0.15) is 17.7 Å². The van der Waals surface area contributed by atoms with E-state index in [1.165, 1.54) is 12.4 Å². The lowest BCUT2D eigenvalue weighted by Gasteiger charge is -2.16. The number of halogens is 1. The van der Waals surface area contributed by atoms with Crippen molar-refractivity contribution in [2.24, 2.45) is 5.41 Å². The van der Waals surface area contributed by atoms with Crippen molar-refractivity contribution < 1.29 is 14.0 Å². The van der Waals surface area contributed by atoms with Gasteiger partial charge in [0.15, 0.2) is 5.69 Å². The van der Waals surface area contributed by atoms with Crippen molar-refractivity contribution >= 4 is 28.5 Å². The molecule has 3 aromatic rings. The molecule has 3 N–H and O–H groups in total. The summed E-state index contributed by atoms with van der Waals surface area (Å²) in [5, 5.41) is 5.61. The lowest BCUT2D eigenvalue weighted by atomic mass is 9.92. The highest BCUT2D eigenvalue weighted by molar-refractivity contribution is 6.07. The second-order valence-corrected chi connectivity index (χ2v) is 8.20. The molecule has 0 unspecified atom stereocenters. The van der Waals surface area contributed by atoms with Gasteiger partial charge in [-0.15, -0.1) is 0 Å². The Morgan fingerprint density at radius 1 is 1.21 bits per heavy atom. The molecule has 2 heterocycles. The summed E-state index contributed by atoms with van der Waals surface area (Å²) in [5.74, 6) is -0.812. The third-order valence-corrected chi connectivity index (χ3v) is 4.32. The first-order chi connectivity index (χ1) is 13.6. The molecule has 2 aromatic heterocycles. The van der Waals surface area contributed by atoms with Gasteiger partial charge in [-0.3, -0.25) is 9.59 Å². The number of anilines is 1. The van der Waals surface area contributed by atoms with Crippen LogP contribution >= 0.6 is 0 Å². The number of hydrogen-bond acceptors (Lipinski definition) is 4. The predicted octanol–water partition coefficient (Wildman–Crippen LogP) is 3.71. The summed E-state index contributed by atoms with van der Waals surface area (Å²) in [7, 11) is 0. The van der Waals surface area contributed by atoms with E-state index >= 15 is 0 Å². The fourth-order valence-corrected chi connectivity index (χ4v) is 2.97. The molecule has 2 amide bonds. The number of carbonyl (C=O) groups is 2. The number of rotatable bonds is 5. The van der Waals surface area contributed by atoms with E-state index in [0.717, 1.165) is 5.56 Å². The number of nitrogens with one attached hydrogen (secondary N) is 3. The Kier molecular flexibility index (Phi) is 5.63. The summed E-state index contributed by atoms with van der Waals surface area (Å²) in [6.45, 7) is 7.85. The Labute approximate surface area is 168 Å². The maximum absolute atomic E-state index is 13.4. The number of aryl methyl sites for hydroxylation is 1. The van der Waals surface area contributed by atoms with E-state index in [9.17, 15) is 14.0 Å². The van der Waals surface area contributed by atoms with Crippen molar-refractivity contribution in [3.8, 4) is 0 Å². The molecule has 0 saturated carbocycles. The summed E-state index contributed by atoms with van der Waals surface area (Å²) >= 11 is 0. The van der Waals surface area contributed by atoms with Crippen molar-refractivity contribution in [1.29, 1.82) is 0 Å². The molecule has 3 rings (SSSR count). The Hall–Kier alpha value is -3.29. The number of H-pyrrole nitrogens is 1. The van der Waals surface area contributed by atoms with Crippen LogP contribution in [0.1, 0.15) is 48.8 Å². The van der Waals surface area contributed by atoms with E-state index in [-0.39, 0.29) is 29.4 Å². The van der Waals surface area contributed by atoms with Gasteiger partial charge in [-0.2, -0.15) is 0 Å². The molecular formula is C21H24FN5O2. The fraction of sp³-hybridized carbons (Fsp3) is 0.333. The van der Waals surface area contributed by atoms with E-state index in [1.807, 2.05) is 20.8 Å². The van der Waals surface area contributed by atoms with E-state index in [4.69, 9.17) is 0 Å². The molecule has 0 spiro atoms. The van der Waals surface area contributed by atoms with Crippen LogP contribution in [0, 0.1) is 18.2 Å². The highest BCUT2D eigenvalue weighted by Crippen LogP contribution is 2.24. The lowest BCUT2D eigenvalue weighted by molar-refractivity contribution is -0.117. The fourth-order valence-electron chi connectivity index (χ4n) is 2.97. The van der Waals surface area contributed by atoms with Crippen molar-refractivity contribution in [2.75, 3.05) is 5.32 Å². The summed E-state index contributed by atoms with van der Waals surface area (Å²) in [4.78, 5) is 36.1. The van der Waals surface area contributed by atoms with Gasteiger partial charge >= 0.3 is 0 Å². The molecule has 0 aliphatic carbocycles. The summed E-state index contributed by atoms with van der Waals surface area (Å²) in [6, 6.07) is 4.68. The second-order valence-electron chi connectivity index (χ2n) is 8.20. The van der Waals surface area contributed by atoms with Crippen LogP contribution in [0.3, 0.4) is 0 Å². The van der Waals surface area contributed by atoms with Crippen LogP contribution in [0.2, 0.25) is 0 Å². The SMILES string of the molecule is Cc1cc(CNC(=O)c2ncnc3c(NC(=O)CC(C)(C)C)c[nH]c23)ccc1F. The third kappa shape index (κ3) is 4.96. The van der Waals surface area contributed by atoms with E-state index in [0.29, 0.717) is 28.7 Å². The zero-order valence-corrected chi connectivity index (χ0v) is 16.9. The first kappa shape index (κ1) is 20.4. The minimum Gasteiger partial charge on any atom is -0.356 e. The zero-order chi connectivity index (χ0) is 21.2. The van der Waals surface area contributed by atoms with Crippen molar-refractivity contribution in [3.05, 3.63) is 53.4 Å². The topological polar surface area (TPSA) is 99.8 Å². The van der Waals surface area contributed by atoms with Crippen molar-refractivity contribution in [3.63, 3.8) is 0 Å². The van der Waals surface area contributed by atoms with Crippen LogP contribution in [-0.4, -0.2) is 26.8 Å². The van der Waals surface area contributed by atoms with Crippen LogP contribution in [-0.2, 0) is 11.3 Å². The van der Waals surface area contributed by atoms with Gasteiger partial charge in [-0.1, -0.05) is 32.9 Å². The first-order valence-corrected chi connectivity index (χ1v) is 9.29. The predicted molar refractivity (Wildman–Crippen MR) is 109 cm³/mol. The van der Waals surface area contributed by atoms with Gasteiger partial charge in [0.05, 0.1) is 11.2 Å². The van der Waals surface area contributed by atoms with Gasteiger partial charge in [0.25, 0.3) is 5.91 Å². The van der Waals surface area contributed by atoms with Crippen LogP contribution in [0.4, 0.5) is 10.1 Å². The molecule has 0 fully saturated rings. The molecule has 8 heteroatoms. The Balaban J connectivity index is 1.76. The standard InChI is InChI=1S/C21H24FN5O2/c1-12-7-13(5-6-14(12)22)9-24-20(29)19-18-17(25-11-26-19)15(10-23-18)27-16(28)8-21(2,3)4/h5-7,10-11,23H,8-9H2,1-4H3,(H,24,29)(H,27,28). The Morgan fingerprint density at radius 2 is 1.97 bits per heavy atom. The van der Waals surface area contributed by atoms with Gasteiger partial charge in [-0.25, -0.2) is 14.4 Å². The lowest BCUT2D eigenvalue weighted by Crippen LogP contribution is -2.24. The molecule has 0 aliphatic heterocycles. The third-order valence-electron chi connectivity index (χ3n) is 4.32. The van der Waals surface area contributed by atoms with Gasteiger partial charge in [-0.05, 0) is 29.5 Å². The maximum Gasteiger partial charge on any atom is 0.272 e. The summed E-state index contributed by atoms with van der Waals surface area (Å²) in [6.07, 6.45) is 3.24. The van der Waals surface area contributed by atoms with Crippen LogP contribution in [0.5, 0.6) is 0 Å². The number of aromatic nitrogens is 3. The molecule has 152 valence electrons. The summed E-state index contributed by atoms with van der Waals surface area (Å²) < 4.78 is 13.4.